The molecule has 1 N–H and O–H groups in total. The lowest BCUT2D eigenvalue weighted by Gasteiger charge is -2.17. The highest BCUT2D eigenvalue weighted by molar-refractivity contribution is 5.88. The van der Waals surface area contributed by atoms with E-state index < -0.39 is 46.8 Å². The van der Waals surface area contributed by atoms with Crippen molar-refractivity contribution >= 4 is 5.97 Å². The van der Waals surface area contributed by atoms with E-state index in [-0.39, 0.29) is 12.1 Å². The summed E-state index contributed by atoms with van der Waals surface area (Å²) in [4.78, 5) is 10.3. The number of hydrogen-bond acceptors (Lipinski definition) is 1. The van der Waals surface area contributed by atoms with Crippen LogP contribution in [0.15, 0.2) is 24.0 Å². The minimum atomic E-state index is -4.64. The highest BCUT2D eigenvalue weighted by atomic mass is 19.3. The van der Waals surface area contributed by atoms with Crippen LogP contribution in [0.2, 0.25) is 0 Å². The number of alkyl halides is 2. The molecule has 8 heteroatoms. The van der Waals surface area contributed by atoms with Gasteiger partial charge in [0.1, 0.15) is 11.9 Å². The molecule has 0 aliphatic heterocycles. The first-order valence-corrected chi connectivity index (χ1v) is 4.29. The number of carbonyl (C=O) groups is 1. The Morgan fingerprint density at radius 3 is 2.17 bits per heavy atom. The standard InChI is InChI=1S/C10H4F6O2/c11-3-5(9(17)18)10(15,16)4-1-2-6(12)8(14)7(4)13/h1-3H,(H,17,18). The van der Waals surface area contributed by atoms with Crippen molar-refractivity contribution in [2.45, 2.75) is 5.92 Å². The third-order valence-corrected chi connectivity index (χ3v) is 2.05. The van der Waals surface area contributed by atoms with Crippen molar-refractivity contribution < 1.29 is 36.2 Å². The molecular formula is C10H4F6O2. The van der Waals surface area contributed by atoms with Crippen LogP contribution in [0.5, 0.6) is 0 Å². The van der Waals surface area contributed by atoms with Gasteiger partial charge < -0.3 is 5.11 Å². The van der Waals surface area contributed by atoms with Crippen LogP contribution in [0, 0.1) is 17.5 Å². The molecule has 0 atom stereocenters. The lowest BCUT2D eigenvalue weighted by molar-refractivity contribution is -0.136. The maximum absolute atomic E-state index is 13.4. The monoisotopic (exact) mass is 270 g/mol. The van der Waals surface area contributed by atoms with Crippen LogP contribution in [0.25, 0.3) is 0 Å². The van der Waals surface area contributed by atoms with Gasteiger partial charge in [-0.1, -0.05) is 0 Å². The normalized spacial score (nSPS) is 12.7. The van der Waals surface area contributed by atoms with Crippen molar-refractivity contribution in [3.8, 4) is 0 Å². The zero-order chi connectivity index (χ0) is 14.1. The Kier molecular flexibility index (Phi) is 3.68. The van der Waals surface area contributed by atoms with Gasteiger partial charge in [-0.05, 0) is 12.1 Å². The van der Waals surface area contributed by atoms with Crippen LogP contribution in [0.4, 0.5) is 26.3 Å². The van der Waals surface area contributed by atoms with Gasteiger partial charge in [0.05, 0.1) is 5.56 Å². The van der Waals surface area contributed by atoms with E-state index in [9.17, 15) is 31.1 Å². The molecule has 0 heterocycles. The molecule has 1 rings (SSSR count). The van der Waals surface area contributed by atoms with E-state index in [0.29, 0.717) is 0 Å². The second-order valence-corrected chi connectivity index (χ2v) is 3.13. The van der Waals surface area contributed by atoms with Gasteiger partial charge in [0, 0.05) is 0 Å². The van der Waals surface area contributed by atoms with Crippen LogP contribution in [0.1, 0.15) is 5.56 Å². The van der Waals surface area contributed by atoms with Crippen LogP contribution < -0.4 is 0 Å². The van der Waals surface area contributed by atoms with Crippen LogP contribution in [-0.2, 0) is 10.7 Å². The summed E-state index contributed by atoms with van der Waals surface area (Å²) < 4.78 is 77.3. The summed E-state index contributed by atoms with van der Waals surface area (Å²) in [7, 11) is 0. The van der Waals surface area contributed by atoms with E-state index in [1.807, 2.05) is 0 Å². The summed E-state index contributed by atoms with van der Waals surface area (Å²) in [6, 6.07) is 0.319. The number of carboxylic acid groups (broad SMARTS) is 1. The third-order valence-electron chi connectivity index (χ3n) is 2.05. The lowest BCUT2D eigenvalue weighted by Crippen LogP contribution is -2.24. The number of rotatable bonds is 3. The molecule has 98 valence electrons. The van der Waals surface area contributed by atoms with Crippen molar-refractivity contribution in [1.82, 2.24) is 0 Å². The van der Waals surface area contributed by atoms with Crippen molar-refractivity contribution in [1.29, 1.82) is 0 Å². The van der Waals surface area contributed by atoms with Crippen molar-refractivity contribution in [2.24, 2.45) is 0 Å². The fourth-order valence-corrected chi connectivity index (χ4v) is 1.16. The Bertz CT molecular complexity index is 523. The fraction of sp³-hybridized carbons (Fsp3) is 0.100. The van der Waals surface area contributed by atoms with Crippen molar-refractivity contribution in [3.05, 3.63) is 47.1 Å². The van der Waals surface area contributed by atoms with Crippen molar-refractivity contribution in [2.75, 3.05) is 0 Å². The van der Waals surface area contributed by atoms with Gasteiger partial charge in [-0.3, -0.25) is 0 Å². The Morgan fingerprint density at radius 1 is 1.17 bits per heavy atom. The molecule has 1 aromatic rings. The van der Waals surface area contributed by atoms with Crippen molar-refractivity contribution in [3.63, 3.8) is 0 Å². The fourth-order valence-electron chi connectivity index (χ4n) is 1.16. The largest absolute Gasteiger partial charge is 0.478 e. The molecule has 0 aliphatic rings. The summed E-state index contributed by atoms with van der Waals surface area (Å²) >= 11 is 0. The second-order valence-electron chi connectivity index (χ2n) is 3.13. The quantitative estimate of drug-likeness (QED) is 0.520. The molecule has 0 saturated carbocycles. The van der Waals surface area contributed by atoms with Gasteiger partial charge in [-0.25, -0.2) is 22.4 Å². The molecule has 0 fully saturated rings. The minimum Gasteiger partial charge on any atom is -0.478 e. The van der Waals surface area contributed by atoms with Gasteiger partial charge in [0.25, 0.3) is 0 Å². The molecule has 0 amide bonds. The highest BCUT2D eigenvalue weighted by Crippen LogP contribution is 2.38. The van der Waals surface area contributed by atoms with Crippen LogP contribution >= 0.6 is 0 Å². The molecule has 1 aromatic carbocycles. The smallest absolute Gasteiger partial charge is 0.340 e. The molecule has 0 aliphatic carbocycles. The molecule has 0 unspecified atom stereocenters. The minimum absolute atomic E-state index is 0.139. The van der Waals surface area contributed by atoms with E-state index in [2.05, 4.69) is 0 Å². The van der Waals surface area contributed by atoms with E-state index in [1.165, 1.54) is 0 Å². The second kappa shape index (κ2) is 4.71. The van der Waals surface area contributed by atoms with Gasteiger partial charge in [0.15, 0.2) is 17.5 Å². The van der Waals surface area contributed by atoms with Crippen LogP contribution in [-0.4, -0.2) is 11.1 Å². The van der Waals surface area contributed by atoms with Gasteiger partial charge in [-0.2, -0.15) is 8.78 Å². The van der Waals surface area contributed by atoms with E-state index in [4.69, 9.17) is 5.11 Å². The predicted molar refractivity (Wildman–Crippen MR) is 47.0 cm³/mol. The number of hydrogen-bond donors (Lipinski definition) is 1. The first-order chi connectivity index (χ1) is 8.23. The molecule has 0 bridgehead atoms. The van der Waals surface area contributed by atoms with E-state index in [0.717, 1.165) is 0 Å². The summed E-state index contributed by atoms with van der Waals surface area (Å²) in [6.07, 6.45) is -0.941. The number of carboxylic acids is 1. The highest BCUT2D eigenvalue weighted by Gasteiger charge is 2.44. The molecule has 0 spiro atoms. The Balaban J connectivity index is 3.46. The number of halogens is 6. The third kappa shape index (κ3) is 2.18. The average Bonchev–Trinajstić information content (AvgIpc) is 2.25. The summed E-state index contributed by atoms with van der Waals surface area (Å²) in [6.45, 7) is 0. The molecule has 0 aromatic heterocycles. The molecular weight excluding hydrogens is 266 g/mol. The molecule has 18 heavy (non-hydrogen) atoms. The summed E-state index contributed by atoms with van der Waals surface area (Å²) in [5.41, 5.74) is -3.86. The zero-order valence-electron chi connectivity index (χ0n) is 8.36. The topological polar surface area (TPSA) is 37.3 Å². The van der Waals surface area contributed by atoms with Crippen LogP contribution in [0.3, 0.4) is 0 Å². The van der Waals surface area contributed by atoms with E-state index >= 15 is 0 Å². The maximum Gasteiger partial charge on any atom is 0.340 e. The van der Waals surface area contributed by atoms with Gasteiger partial charge >= 0.3 is 11.9 Å². The van der Waals surface area contributed by atoms with Gasteiger partial charge in [0.2, 0.25) is 0 Å². The Labute approximate surface area is 96.2 Å². The molecule has 2 nitrogen and oxygen atoms in total. The summed E-state index contributed by atoms with van der Waals surface area (Å²) in [5, 5.41) is 8.31. The molecule has 0 radical (unpaired) electrons. The maximum atomic E-state index is 13.4. The SMILES string of the molecule is O=C(O)C(=CF)C(F)(F)c1ccc(F)c(F)c1F. The summed E-state index contributed by atoms with van der Waals surface area (Å²) in [5.74, 6) is -13.2. The molecule has 0 saturated heterocycles. The van der Waals surface area contributed by atoms with Gasteiger partial charge in [-0.15, -0.1) is 0 Å². The Hall–Kier alpha value is -1.99. The lowest BCUT2D eigenvalue weighted by atomic mass is 10.0. The average molecular weight is 270 g/mol. The predicted octanol–water partition coefficient (Wildman–Crippen LogP) is 3.13. The first kappa shape index (κ1) is 14.1. The Morgan fingerprint density at radius 2 is 1.72 bits per heavy atom. The zero-order valence-corrected chi connectivity index (χ0v) is 8.36. The first-order valence-electron chi connectivity index (χ1n) is 4.29. The number of aliphatic carboxylic acids is 1. The number of benzene rings is 1. The van der Waals surface area contributed by atoms with E-state index in [1.54, 1.807) is 0 Å².